The van der Waals surface area contributed by atoms with Crippen molar-refractivity contribution in [2.75, 3.05) is 13.2 Å². The molecule has 1 aromatic rings. The van der Waals surface area contributed by atoms with E-state index in [0.29, 0.717) is 24.2 Å². The predicted octanol–water partition coefficient (Wildman–Crippen LogP) is 2.30. The predicted molar refractivity (Wildman–Crippen MR) is 65.7 cm³/mol. The standard InChI is InChI=1S/C12H15NO2S/c1-8(2)11-10(4-3-5-13-11)12(16)15-9-6-14-7-9/h3-5,8-9H,6-7H2,1-2H3. The van der Waals surface area contributed by atoms with Crippen LogP contribution < -0.4 is 0 Å². The van der Waals surface area contributed by atoms with Crippen molar-refractivity contribution in [3.8, 4) is 0 Å². The molecule has 0 bridgehead atoms. The second-order valence-electron chi connectivity index (χ2n) is 4.16. The molecule has 0 unspecified atom stereocenters. The van der Waals surface area contributed by atoms with E-state index in [1.807, 2.05) is 12.1 Å². The van der Waals surface area contributed by atoms with Crippen LogP contribution in [-0.4, -0.2) is 29.4 Å². The fraction of sp³-hybridized carbons (Fsp3) is 0.500. The number of rotatable bonds is 3. The Labute approximate surface area is 101 Å². The maximum atomic E-state index is 5.63. The first-order valence-electron chi connectivity index (χ1n) is 5.42. The van der Waals surface area contributed by atoms with E-state index in [2.05, 4.69) is 18.8 Å². The van der Waals surface area contributed by atoms with Gasteiger partial charge in [0.2, 0.25) is 0 Å². The van der Waals surface area contributed by atoms with E-state index in [1.54, 1.807) is 6.20 Å². The molecule has 0 radical (unpaired) electrons. The Kier molecular flexibility index (Phi) is 3.51. The van der Waals surface area contributed by atoms with Crippen molar-refractivity contribution in [1.29, 1.82) is 0 Å². The summed E-state index contributed by atoms with van der Waals surface area (Å²) < 4.78 is 10.7. The van der Waals surface area contributed by atoms with Crippen molar-refractivity contribution in [3.05, 3.63) is 29.6 Å². The molecule has 3 nitrogen and oxygen atoms in total. The van der Waals surface area contributed by atoms with Crippen LogP contribution in [0.5, 0.6) is 0 Å². The molecule has 0 aliphatic carbocycles. The van der Waals surface area contributed by atoms with Gasteiger partial charge in [-0.15, -0.1) is 0 Å². The SMILES string of the molecule is CC(C)c1ncccc1C(=S)OC1COC1. The molecule has 0 N–H and O–H groups in total. The van der Waals surface area contributed by atoms with Crippen molar-refractivity contribution in [3.63, 3.8) is 0 Å². The van der Waals surface area contributed by atoms with E-state index in [-0.39, 0.29) is 6.10 Å². The molecule has 0 amide bonds. The van der Waals surface area contributed by atoms with Crippen LogP contribution in [0.1, 0.15) is 31.0 Å². The van der Waals surface area contributed by atoms with Crippen LogP contribution in [0.2, 0.25) is 0 Å². The quantitative estimate of drug-likeness (QED) is 0.755. The third-order valence-electron chi connectivity index (χ3n) is 2.49. The Hall–Kier alpha value is -1.00. The first kappa shape index (κ1) is 11.5. The summed E-state index contributed by atoms with van der Waals surface area (Å²) in [6, 6.07) is 3.85. The molecule has 4 heteroatoms. The van der Waals surface area contributed by atoms with E-state index in [1.165, 1.54) is 0 Å². The van der Waals surface area contributed by atoms with Crippen LogP contribution in [-0.2, 0) is 9.47 Å². The highest BCUT2D eigenvalue weighted by atomic mass is 32.1. The average molecular weight is 237 g/mol. The van der Waals surface area contributed by atoms with Crippen molar-refractivity contribution < 1.29 is 9.47 Å². The van der Waals surface area contributed by atoms with Gasteiger partial charge in [0.15, 0.2) is 5.05 Å². The van der Waals surface area contributed by atoms with Gasteiger partial charge in [0.05, 0.1) is 18.9 Å². The molecule has 1 saturated heterocycles. The molecule has 1 aliphatic rings. The normalized spacial score (nSPS) is 15.9. The molecule has 86 valence electrons. The Morgan fingerprint density at radius 1 is 1.56 bits per heavy atom. The third kappa shape index (κ3) is 2.39. The Balaban J connectivity index is 2.14. The number of aromatic nitrogens is 1. The van der Waals surface area contributed by atoms with Gasteiger partial charge in [-0.05, 0) is 30.3 Å². The molecule has 2 rings (SSSR count). The fourth-order valence-corrected chi connectivity index (χ4v) is 1.86. The summed E-state index contributed by atoms with van der Waals surface area (Å²) in [6.45, 7) is 5.47. The van der Waals surface area contributed by atoms with Crippen LogP contribution in [0.4, 0.5) is 0 Å². The minimum absolute atomic E-state index is 0.118. The maximum absolute atomic E-state index is 5.63. The fourth-order valence-electron chi connectivity index (χ4n) is 1.55. The van der Waals surface area contributed by atoms with E-state index >= 15 is 0 Å². The lowest BCUT2D eigenvalue weighted by Gasteiger charge is -2.27. The van der Waals surface area contributed by atoms with Crippen molar-refractivity contribution in [2.45, 2.75) is 25.9 Å². The summed E-state index contributed by atoms with van der Waals surface area (Å²) in [7, 11) is 0. The third-order valence-corrected chi connectivity index (χ3v) is 2.80. The minimum atomic E-state index is 0.118. The molecule has 0 spiro atoms. The highest BCUT2D eigenvalue weighted by molar-refractivity contribution is 7.80. The second-order valence-corrected chi connectivity index (χ2v) is 4.53. The van der Waals surface area contributed by atoms with Crippen molar-refractivity contribution >= 4 is 17.3 Å². The second kappa shape index (κ2) is 4.89. The van der Waals surface area contributed by atoms with Gasteiger partial charge in [-0.3, -0.25) is 4.98 Å². The molecule has 16 heavy (non-hydrogen) atoms. The largest absolute Gasteiger partial charge is 0.475 e. The highest BCUT2D eigenvalue weighted by Gasteiger charge is 2.23. The zero-order valence-electron chi connectivity index (χ0n) is 9.47. The summed E-state index contributed by atoms with van der Waals surface area (Å²) in [4.78, 5) is 4.35. The first-order valence-corrected chi connectivity index (χ1v) is 5.83. The van der Waals surface area contributed by atoms with Gasteiger partial charge >= 0.3 is 0 Å². The number of nitrogens with zero attached hydrogens (tertiary/aromatic N) is 1. The van der Waals surface area contributed by atoms with E-state index in [0.717, 1.165) is 11.3 Å². The monoisotopic (exact) mass is 237 g/mol. The molecule has 1 fully saturated rings. The number of ether oxygens (including phenoxy) is 2. The van der Waals surface area contributed by atoms with Gasteiger partial charge in [-0.2, -0.15) is 0 Å². The molecular formula is C12H15NO2S. The van der Waals surface area contributed by atoms with Crippen LogP contribution >= 0.6 is 12.2 Å². The zero-order chi connectivity index (χ0) is 11.5. The van der Waals surface area contributed by atoms with Crippen LogP contribution in [0.3, 0.4) is 0 Å². The lowest BCUT2D eigenvalue weighted by atomic mass is 10.0. The van der Waals surface area contributed by atoms with E-state index in [9.17, 15) is 0 Å². The lowest BCUT2D eigenvalue weighted by molar-refractivity contribution is -0.0841. The Bertz CT molecular complexity index is 388. The van der Waals surface area contributed by atoms with Gasteiger partial charge in [-0.1, -0.05) is 13.8 Å². The van der Waals surface area contributed by atoms with Crippen LogP contribution in [0.25, 0.3) is 0 Å². The van der Waals surface area contributed by atoms with Gasteiger partial charge in [0.1, 0.15) is 6.10 Å². The van der Waals surface area contributed by atoms with Gasteiger partial charge in [-0.25, -0.2) is 0 Å². The van der Waals surface area contributed by atoms with E-state index < -0.39 is 0 Å². The summed E-state index contributed by atoms with van der Waals surface area (Å²) in [6.07, 6.45) is 1.90. The molecule has 0 aromatic carbocycles. The number of hydrogen-bond acceptors (Lipinski definition) is 4. The molecule has 1 aromatic heterocycles. The maximum Gasteiger partial charge on any atom is 0.193 e. The molecular weight excluding hydrogens is 222 g/mol. The average Bonchev–Trinajstić information content (AvgIpc) is 2.23. The number of thiocarbonyl (C=S) groups is 1. The van der Waals surface area contributed by atoms with Gasteiger partial charge in [0.25, 0.3) is 0 Å². The van der Waals surface area contributed by atoms with E-state index in [4.69, 9.17) is 21.7 Å². The van der Waals surface area contributed by atoms with Gasteiger partial charge < -0.3 is 9.47 Å². The first-order chi connectivity index (χ1) is 7.68. The summed E-state index contributed by atoms with van der Waals surface area (Å²) in [5, 5.41) is 0.533. The summed E-state index contributed by atoms with van der Waals surface area (Å²) in [5.74, 6) is 0.343. The number of pyridine rings is 1. The topological polar surface area (TPSA) is 31.4 Å². The Morgan fingerprint density at radius 2 is 2.31 bits per heavy atom. The highest BCUT2D eigenvalue weighted by Crippen LogP contribution is 2.19. The van der Waals surface area contributed by atoms with Crippen LogP contribution in [0, 0.1) is 0 Å². The minimum Gasteiger partial charge on any atom is -0.475 e. The molecule has 1 aliphatic heterocycles. The smallest absolute Gasteiger partial charge is 0.193 e. The number of hydrogen-bond donors (Lipinski definition) is 0. The van der Waals surface area contributed by atoms with Crippen molar-refractivity contribution in [1.82, 2.24) is 4.98 Å². The summed E-state index contributed by atoms with van der Waals surface area (Å²) >= 11 is 5.29. The lowest BCUT2D eigenvalue weighted by Crippen LogP contribution is -2.37. The van der Waals surface area contributed by atoms with Gasteiger partial charge in [0, 0.05) is 11.8 Å². The zero-order valence-corrected chi connectivity index (χ0v) is 10.3. The van der Waals surface area contributed by atoms with Crippen LogP contribution in [0.15, 0.2) is 18.3 Å². The Morgan fingerprint density at radius 3 is 2.88 bits per heavy atom. The van der Waals surface area contributed by atoms with Crippen molar-refractivity contribution in [2.24, 2.45) is 0 Å². The molecule has 0 atom stereocenters. The summed E-state index contributed by atoms with van der Waals surface area (Å²) in [5.41, 5.74) is 1.92. The molecule has 0 saturated carbocycles. The molecule has 2 heterocycles.